The molecule has 0 aromatic rings. The van der Waals surface area contributed by atoms with Gasteiger partial charge in [0.15, 0.2) is 11.6 Å². The smallest absolute Gasteiger partial charge is 0.168 e. The molecule has 31 heavy (non-hydrogen) atoms. The molecule has 0 unspecified atom stereocenters. The molecule has 0 amide bonds. The van der Waals surface area contributed by atoms with Crippen molar-refractivity contribution in [1.29, 1.82) is 0 Å². The fourth-order valence-electron chi connectivity index (χ4n) is 7.94. The minimum absolute atomic E-state index is 0.0714. The second-order valence-corrected chi connectivity index (χ2v) is 11.2. The number of hydrogen-bond donors (Lipinski definition) is 2. The van der Waals surface area contributed by atoms with Crippen LogP contribution < -0.4 is 5.32 Å². The number of piperazine rings is 1. The molecule has 6 rings (SSSR count). The van der Waals surface area contributed by atoms with Gasteiger partial charge in [0, 0.05) is 64.9 Å². The number of nitrogens with zero attached hydrogens (tertiary/aromatic N) is 2. The topological polar surface area (TPSA) is 72.9 Å². The number of aliphatic hydroxyl groups is 1. The summed E-state index contributed by atoms with van der Waals surface area (Å²) in [6.45, 7) is 6.63. The van der Waals surface area contributed by atoms with Gasteiger partial charge in [0.25, 0.3) is 0 Å². The number of β-amino-alcohol motifs (C(OH)–C–C–N with tert-alkyl or cyclic N) is 1. The Bertz CT molecular complexity index is 670. The SMILES string of the molecule is O=C1CC([C@]23C[C@H]4C[C@H](C[C@H](C4)C2)C3)CC(=O)C1=CNCCN1CCN(CCO)CC1. The average Bonchev–Trinajstić information content (AvgIpc) is 2.73. The summed E-state index contributed by atoms with van der Waals surface area (Å²) in [6, 6.07) is 0. The predicted molar refractivity (Wildman–Crippen MR) is 119 cm³/mol. The standard InChI is InChI=1S/C25H39N3O3/c29-8-7-28-5-3-27(4-6-28)2-1-26-17-22-23(30)12-21(13-24(22)31)25-14-18-9-19(15-25)11-20(10-18)16-25/h17-21,26,29H,1-16H2/t18-,19+,20-,21?,25-. The molecule has 0 aromatic carbocycles. The predicted octanol–water partition coefficient (Wildman–Crippen LogP) is 1.83. The molecule has 0 atom stereocenters. The van der Waals surface area contributed by atoms with E-state index in [0.717, 1.165) is 63.6 Å². The lowest BCUT2D eigenvalue weighted by Gasteiger charge is -2.60. The highest BCUT2D eigenvalue weighted by molar-refractivity contribution is 6.21. The van der Waals surface area contributed by atoms with Gasteiger partial charge in [0.1, 0.15) is 0 Å². The van der Waals surface area contributed by atoms with Crippen LogP contribution in [0.25, 0.3) is 0 Å². The van der Waals surface area contributed by atoms with E-state index in [0.29, 0.717) is 18.4 Å². The molecule has 4 bridgehead atoms. The monoisotopic (exact) mass is 429 g/mol. The van der Waals surface area contributed by atoms with Crippen molar-refractivity contribution in [1.82, 2.24) is 15.1 Å². The van der Waals surface area contributed by atoms with E-state index < -0.39 is 0 Å². The van der Waals surface area contributed by atoms with Crippen molar-refractivity contribution in [3.63, 3.8) is 0 Å². The maximum absolute atomic E-state index is 12.9. The summed E-state index contributed by atoms with van der Waals surface area (Å²) >= 11 is 0. The van der Waals surface area contributed by atoms with Crippen LogP contribution in [0.1, 0.15) is 51.4 Å². The lowest BCUT2D eigenvalue weighted by molar-refractivity contribution is -0.135. The van der Waals surface area contributed by atoms with Gasteiger partial charge in [-0.3, -0.25) is 19.4 Å². The Morgan fingerprint density at radius 1 is 0.871 bits per heavy atom. The fraction of sp³-hybridized carbons (Fsp3) is 0.840. The Balaban J connectivity index is 1.11. The van der Waals surface area contributed by atoms with E-state index in [1.807, 2.05) is 0 Å². The summed E-state index contributed by atoms with van der Waals surface area (Å²) in [5.74, 6) is 3.01. The van der Waals surface area contributed by atoms with Gasteiger partial charge in [0.05, 0.1) is 12.2 Å². The Kier molecular flexibility index (Phi) is 6.24. The Morgan fingerprint density at radius 2 is 1.39 bits per heavy atom. The van der Waals surface area contributed by atoms with Crippen LogP contribution in [0.3, 0.4) is 0 Å². The fourth-order valence-corrected chi connectivity index (χ4v) is 7.94. The third-order valence-electron chi connectivity index (χ3n) is 9.12. The van der Waals surface area contributed by atoms with Gasteiger partial charge in [-0.1, -0.05) is 0 Å². The summed E-state index contributed by atoms with van der Waals surface area (Å²) in [5.41, 5.74) is 0.700. The Hall–Kier alpha value is -1.24. The van der Waals surface area contributed by atoms with Crippen molar-refractivity contribution in [2.24, 2.45) is 29.1 Å². The van der Waals surface area contributed by atoms with Crippen LogP contribution in [0, 0.1) is 29.1 Å². The van der Waals surface area contributed by atoms with E-state index in [2.05, 4.69) is 15.1 Å². The maximum atomic E-state index is 12.9. The molecule has 1 saturated heterocycles. The van der Waals surface area contributed by atoms with E-state index >= 15 is 0 Å². The molecule has 5 saturated carbocycles. The highest BCUT2D eigenvalue weighted by atomic mass is 16.3. The number of carbonyl (C=O) groups excluding carboxylic acids is 2. The first-order valence-corrected chi connectivity index (χ1v) is 12.6. The van der Waals surface area contributed by atoms with Gasteiger partial charge in [0.2, 0.25) is 0 Å². The molecular weight excluding hydrogens is 390 g/mol. The van der Waals surface area contributed by atoms with Crippen LogP contribution in [-0.2, 0) is 9.59 Å². The van der Waals surface area contributed by atoms with E-state index in [1.165, 1.54) is 38.5 Å². The second-order valence-electron chi connectivity index (χ2n) is 11.2. The van der Waals surface area contributed by atoms with E-state index in [9.17, 15) is 9.59 Å². The highest BCUT2D eigenvalue weighted by Crippen LogP contribution is 2.64. The molecule has 1 aliphatic heterocycles. The number of hydrogen-bond acceptors (Lipinski definition) is 6. The summed E-state index contributed by atoms with van der Waals surface area (Å²) in [7, 11) is 0. The highest BCUT2D eigenvalue weighted by Gasteiger charge is 2.55. The first kappa shape index (κ1) is 21.6. The molecule has 172 valence electrons. The van der Waals surface area contributed by atoms with Crippen LogP contribution in [0.5, 0.6) is 0 Å². The van der Waals surface area contributed by atoms with E-state index in [4.69, 9.17) is 5.11 Å². The summed E-state index contributed by atoms with van der Waals surface area (Å²) in [4.78, 5) is 30.6. The van der Waals surface area contributed by atoms with Crippen LogP contribution in [-0.4, -0.2) is 78.9 Å². The van der Waals surface area contributed by atoms with Gasteiger partial charge in [-0.05, 0) is 67.6 Å². The lowest BCUT2D eigenvalue weighted by atomic mass is 9.45. The van der Waals surface area contributed by atoms with Gasteiger partial charge in [-0.15, -0.1) is 0 Å². The van der Waals surface area contributed by atoms with Crippen molar-refractivity contribution in [3.05, 3.63) is 11.8 Å². The molecule has 6 aliphatic rings. The molecule has 0 spiro atoms. The lowest BCUT2D eigenvalue weighted by Crippen LogP contribution is -2.51. The summed E-state index contributed by atoms with van der Waals surface area (Å²) < 4.78 is 0. The Morgan fingerprint density at radius 3 is 1.90 bits per heavy atom. The van der Waals surface area contributed by atoms with Gasteiger partial charge in [-0.25, -0.2) is 0 Å². The van der Waals surface area contributed by atoms with E-state index in [-0.39, 0.29) is 29.5 Å². The molecule has 0 aromatic heterocycles. The molecule has 6 nitrogen and oxygen atoms in total. The van der Waals surface area contributed by atoms with Crippen molar-refractivity contribution >= 4 is 11.6 Å². The zero-order chi connectivity index (χ0) is 21.4. The third kappa shape index (κ3) is 4.49. The molecule has 2 N–H and O–H groups in total. The van der Waals surface area contributed by atoms with Gasteiger partial charge < -0.3 is 10.4 Å². The number of aliphatic hydroxyl groups excluding tert-OH is 1. The zero-order valence-corrected chi connectivity index (χ0v) is 18.9. The summed E-state index contributed by atoms with van der Waals surface area (Å²) in [6.07, 6.45) is 10.9. The normalized spacial score (nSPS) is 38.7. The average molecular weight is 430 g/mol. The zero-order valence-electron chi connectivity index (χ0n) is 18.9. The number of nitrogens with one attached hydrogen (secondary N) is 1. The van der Waals surface area contributed by atoms with E-state index in [1.54, 1.807) is 6.20 Å². The third-order valence-corrected chi connectivity index (χ3v) is 9.12. The van der Waals surface area contributed by atoms with Gasteiger partial charge in [-0.2, -0.15) is 0 Å². The number of carbonyl (C=O) groups is 2. The van der Waals surface area contributed by atoms with Crippen LogP contribution in [0.2, 0.25) is 0 Å². The van der Waals surface area contributed by atoms with Gasteiger partial charge >= 0.3 is 0 Å². The number of Topliss-reactive ketones (excluding diaryl/α,β-unsaturated/α-hetero) is 2. The van der Waals surface area contributed by atoms with Crippen molar-refractivity contribution in [3.8, 4) is 0 Å². The van der Waals surface area contributed by atoms with Crippen LogP contribution in [0.15, 0.2) is 11.8 Å². The number of ketones is 2. The number of allylic oxidation sites excluding steroid dienone is 1. The summed E-state index contributed by atoms with van der Waals surface area (Å²) in [5, 5.41) is 12.3. The van der Waals surface area contributed by atoms with Crippen molar-refractivity contribution < 1.29 is 14.7 Å². The molecular formula is C25H39N3O3. The minimum Gasteiger partial charge on any atom is -0.395 e. The largest absolute Gasteiger partial charge is 0.395 e. The molecule has 6 heteroatoms. The second kappa shape index (κ2) is 8.95. The molecule has 1 heterocycles. The first-order valence-electron chi connectivity index (χ1n) is 12.6. The molecule has 0 radical (unpaired) electrons. The van der Waals surface area contributed by atoms with Crippen molar-refractivity contribution in [2.45, 2.75) is 51.4 Å². The quantitative estimate of drug-likeness (QED) is 0.366. The minimum atomic E-state index is 0.0714. The van der Waals surface area contributed by atoms with Crippen LogP contribution >= 0.6 is 0 Å². The maximum Gasteiger partial charge on any atom is 0.168 e. The van der Waals surface area contributed by atoms with Crippen molar-refractivity contribution in [2.75, 3.05) is 52.4 Å². The number of rotatable bonds is 7. The Labute approximate surface area is 186 Å². The first-order chi connectivity index (χ1) is 15.0. The molecule has 6 fully saturated rings. The van der Waals surface area contributed by atoms with Crippen LogP contribution in [0.4, 0.5) is 0 Å². The molecule has 5 aliphatic carbocycles.